The van der Waals surface area contributed by atoms with Gasteiger partial charge in [0.25, 0.3) is 0 Å². The van der Waals surface area contributed by atoms with Crippen molar-refractivity contribution in [3.8, 4) is 0 Å². The van der Waals surface area contributed by atoms with Crippen molar-refractivity contribution in [2.24, 2.45) is 5.73 Å². The zero-order valence-corrected chi connectivity index (χ0v) is 10.4. The van der Waals surface area contributed by atoms with Crippen LogP contribution in [0.4, 0.5) is 0 Å². The van der Waals surface area contributed by atoms with Crippen LogP contribution in [-0.2, 0) is 14.8 Å². The van der Waals surface area contributed by atoms with E-state index in [9.17, 15) is 13.2 Å². The average molecular weight is 270 g/mol. The lowest BCUT2D eigenvalue weighted by atomic mass is 10.2. The predicted molar refractivity (Wildman–Crippen MR) is 67.4 cm³/mol. The number of benzene rings is 1. The van der Waals surface area contributed by atoms with Gasteiger partial charge in [-0.3, -0.25) is 4.79 Å². The van der Waals surface area contributed by atoms with E-state index < -0.39 is 22.5 Å². The van der Waals surface area contributed by atoms with E-state index in [1.807, 2.05) is 4.72 Å². The van der Waals surface area contributed by atoms with Crippen LogP contribution in [0.2, 0.25) is 0 Å². The number of rotatable bonds is 6. The van der Waals surface area contributed by atoms with Crippen molar-refractivity contribution in [1.82, 2.24) is 4.72 Å². The third kappa shape index (κ3) is 4.28. The van der Waals surface area contributed by atoms with E-state index >= 15 is 0 Å². The second-order valence-corrected chi connectivity index (χ2v) is 5.19. The van der Waals surface area contributed by atoms with Gasteiger partial charge in [0.05, 0.1) is 4.90 Å². The van der Waals surface area contributed by atoms with Crippen molar-refractivity contribution in [2.75, 3.05) is 13.1 Å². The van der Waals surface area contributed by atoms with Crippen LogP contribution >= 0.6 is 0 Å². The monoisotopic (exact) mass is 270 g/mol. The fourth-order valence-electron chi connectivity index (χ4n) is 1.20. The molecule has 0 saturated carbocycles. The smallest absolute Gasteiger partial charge is 0.318 e. The molecule has 0 heterocycles. The average Bonchev–Trinajstić information content (AvgIpc) is 2.34. The second-order valence-electron chi connectivity index (χ2n) is 3.43. The lowest BCUT2D eigenvalue weighted by Gasteiger charge is -2.04. The fraction of sp³-hybridized carbons (Fsp3) is 0.182. The van der Waals surface area contributed by atoms with Crippen molar-refractivity contribution in [2.45, 2.75) is 4.90 Å². The van der Waals surface area contributed by atoms with Crippen LogP contribution in [0.3, 0.4) is 0 Å². The van der Waals surface area contributed by atoms with Crippen LogP contribution < -0.4 is 10.5 Å². The van der Waals surface area contributed by atoms with Crippen molar-refractivity contribution < 1.29 is 18.3 Å². The number of carboxylic acid groups (broad SMARTS) is 1. The topological polar surface area (TPSA) is 109 Å². The maximum Gasteiger partial charge on any atom is 0.318 e. The second kappa shape index (κ2) is 6.29. The molecule has 0 radical (unpaired) electrons. The molecule has 0 aliphatic rings. The molecule has 18 heavy (non-hydrogen) atoms. The molecule has 1 aromatic carbocycles. The molecule has 0 bridgehead atoms. The number of carbonyl (C=O) groups is 1. The van der Waals surface area contributed by atoms with E-state index in [-0.39, 0.29) is 4.90 Å². The van der Waals surface area contributed by atoms with Crippen molar-refractivity contribution in [1.29, 1.82) is 0 Å². The van der Waals surface area contributed by atoms with E-state index in [2.05, 4.69) is 0 Å². The molecule has 0 fully saturated rings. The third-order valence-corrected chi connectivity index (χ3v) is 3.47. The highest BCUT2D eigenvalue weighted by molar-refractivity contribution is 7.89. The minimum atomic E-state index is -3.77. The van der Waals surface area contributed by atoms with Gasteiger partial charge >= 0.3 is 5.97 Å². The number of carboxylic acids is 1. The summed E-state index contributed by atoms with van der Waals surface area (Å²) in [6.45, 7) is -0.239. The summed E-state index contributed by atoms with van der Waals surface area (Å²) in [5, 5.41) is 8.42. The zero-order valence-electron chi connectivity index (χ0n) is 9.54. The number of hydrogen-bond donors (Lipinski definition) is 3. The first-order valence-electron chi connectivity index (χ1n) is 5.14. The molecule has 0 saturated heterocycles. The molecule has 7 heteroatoms. The Morgan fingerprint density at radius 3 is 2.44 bits per heavy atom. The quantitative estimate of drug-likeness (QED) is 0.675. The van der Waals surface area contributed by atoms with Gasteiger partial charge < -0.3 is 10.8 Å². The summed E-state index contributed by atoms with van der Waals surface area (Å²) in [5.41, 5.74) is 6.11. The van der Waals surface area contributed by atoms with Crippen molar-refractivity contribution in [3.63, 3.8) is 0 Å². The first-order valence-corrected chi connectivity index (χ1v) is 6.62. The SMILES string of the molecule is NCC=Cc1ccc(S(=O)(=O)NCC(=O)O)cc1. The highest BCUT2D eigenvalue weighted by Crippen LogP contribution is 2.11. The van der Waals surface area contributed by atoms with E-state index in [0.717, 1.165) is 5.56 Å². The van der Waals surface area contributed by atoms with Crippen LogP contribution in [0.25, 0.3) is 6.08 Å². The number of nitrogens with two attached hydrogens (primary N) is 1. The van der Waals surface area contributed by atoms with Crippen molar-refractivity contribution >= 4 is 22.1 Å². The molecule has 0 atom stereocenters. The van der Waals surface area contributed by atoms with Gasteiger partial charge in [0, 0.05) is 6.54 Å². The van der Waals surface area contributed by atoms with Gasteiger partial charge in [0.2, 0.25) is 10.0 Å². The maximum atomic E-state index is 11.6. The van der Waals surface area contributed by atoms with E-state index in [1.165, 1.54) is 12.1 Å². The first-order chi connectivity index (χ1) is 8.45. The molecule has 6 nitrogen and oxygen atoms in total. The lowest BCUT2D eigenvalue weighted by Crippen LogP contribution is -2.29. The normalized spacial score (nSPS) is 11.8. The standard InChI is InChI=1S/C11H14N2O4S/c12-7-1-2-9-3-5-10(6-4-9)18(16,17)13-8-11(14)15/h1-6,13H,7-8,12H2,(H,14,15). The fourth-order valence-corrected chi connectivity index (χ4v) is 2.18. The van der Waals surface area contributed by atoms with Gasteiger partial charge in [-0.15, -0.1) is 0 Å². The Morgan fingerprint density at radius 1 is 1.33 bits per heavy atom. The Kier molecular flexibility index (Phi) is 5.02. The molecule has 0 aliphatic carbocycles. The van der Waals surface area contributed by atoms with E-state index in [4.69, 9.17) is 10.8 Å². The Balaban J connectivity index is 2.84. The van der Waals surface area contributed by atoms with Crippen LogP contribution in [0.5, 0.6) is 0 Å². The Labute approximate surface area is 105 Å². The molecule has 0 aromatic heterocycles. The highest BCUT2D eigenvalue weighted by atomic mass is 32.2. The summed E-state index contributed by atoms with van der Waals surface area (Å²) in [6, 6.07) is 6.03. The molecular weight excluding hydrogens is 256 g/mol. The van der Waals surface area contributed by atoms with Gasteiger partial charge in [-0.2, -0.15) is 4.72 Å². The summed E-state index contributed by atoms with van der Waals surface area (Å²) in [7, 11) is -3.77. The zero-order chi connectivity index (χ0) is 13.6. The van der Waals surface area contributed by atoms with E-state index in [1.54, 1.807) is 24.3 Å². The van der Waals surface area contributed by atoms with E-state index in [0.29, 0.717) is 6.54 Å². The molecule has 98 valence electrons. The molecule has 1 rings (SSSR count). The number of nitrogens with one attached hydrogen (secondary N) is 1. The third-order valence-electron chi connectivity index (χ3n) is 2.05. The number of hydrogen-bond acceptors (Lipinski definition) is 4. The van der Waals surface area contributed by atoms with Crippen LogP contribution in [0.15, 0.2) is 35.2 Å². The Bertz CT molecular complexity index is 535. The Hall–Kier alpha value is -1.70. The van der Waals surface area contributed by atoms with Gasteiger partial charge in [0.15, 0.2) is 0 Å². The largest absolute Gasteiger partial charge is 0.480 e. The highest BCUT2D eigenvalue weighted by Gasteiger charge is 2.14. The van der Waals surface area contributed by atoms with Crippen LogP contribution in [-0.4, -0.2) is 32.6 Å². The van der Waals surface area contributed by atoms with Gasteiger partial charge in [-0.1, -0.05) is 24.3 Å². The van der Waals surface area contributed by atoms with Gasteiger partial charge in [0.1, 0.15) is 6.54 Å². The number of aliphatic carboxylic acids is 1. The Morgan fingerprint density at radius 2 is 1.94 bits per heavy atom. The minimum absolute atomic E-state index is 0.0219. The molecule has 0 spiro atoms. The maximum absolute atomic E-state index is 11.6. The molecular formula is C11H14N2O4S. The first kappa shape index (κ1) is 14.4. The summed E-state index contributed by atoms with van der Waals surface area (Å²) in [4.78, 5) is 10.3. The summed E-state index contributed by atoms with van der Waals surface area (Å²) < 4.78 is 25.3. The summed E-state index contributed by atoms with van der Waals surface area (Å²) in [6.07, 6.45) is 3.51. The molecule has 1 aromatic rings. The molecule has 0 amide bonds. The van der Waals surface area contributed by atoms with Crippen molar-refractivity contribution in [3.05, 3.63) is 35.9 Å². The minimum Gasteiger partial charge on any atom is -0.480 e. The summed E-state index contributed by atoms with van der Waals surface area (Å²) >= 11 is 0. The number of sulfonamides is 1. The van der Waals surface area contributed by atoms with Gasteiger partial charge in [-0.25, -0.2) is 8.42 Å². The van der Waals surface area contributed by atoms with Crippen LogP contribution in [0.1, 0.15) is 5.56 Å². The lowest BCUT2D eigenvalue weighted by molar-refractivity contribution is -0.135. The summed E-state index contributed by atoms with van der Waals surface area (Å²) in [5.74, 6) is -1.24. The molecule has 0 unspecified atom stereocenters. The van der Waals surface area contributed by atoms with Crippen LogP contribution in [0, 0.1) is 0 Å². The molecule has 0 aliphatic heterocycles. The molecule has 4 N–H and O–H groups in total. The van der Waals surface area contributed by atoms with Gasteiger partial charge in [-0.05, 0) is 17.7 Å². The predicted octanol–water partition coefficient (Wildman–Crippen LogP) is 0.0214.